The van der Waals surface area contributed by atoms with Gasteiger partial charge in [0.15, 0.2) is 12.4 Å². The predicted octanol–water partition coefficient (Wildman–Crippen LogP) is 7.66. The fourth-order valence-corrected chi connectivity index (χ4v) is 5.45. The van der Waals surface area contributed by atoms with Gasteiger partial charge in [-0.2, -0.15) is 0 Å². The Morgan fingerprint density at radius 1 is 0.585 bits per heavy atom. The van der Waals surface area contributed by atoms with E-state index in [9.17, 15) is 30.0 Å². The Morgan fingerprint density at radius 3 is 1.60 bits per heavy atom. The first-order valence-corrected chi connectivity index (χ1v) is 20.0. The Morgan fingerprint density at radius 2 is 1.06 bits per heavy atom. The van der Waals surface area contributed by atoms with Gasteiger partial charge in [-0.1, -0.05) is 112 Å². The summed E-state index contributed by atoms with van der Waals surface area (Å²) in [6.07, 6.45) is 33.4. The first kappa shape index (κ1) is 48.2. The lowest BCUT2D eigenvalue weighted by atomic mass is 9.99. The van der Waals surface area contributed by atoms with Crippen molar-refractivity contribution in [2.24, 2.45) is 0 Å². The molecule has 1 heterocycles. The molecule has 1 saturated heterocycles. The van der Waals surface area contributed by atoms with Crippen LogP contribution < -0.4 is 0 Å². The summed E-state index contributed by atoms with van der Waals surface area (Å²) in [5.74, 6) is -0.871. The van der Waals surface area contributed by atoms with Gasteiger partial charge in [-0.25, -0.2) is 0 Å². The normalized spacial score (nSPS) is 21.7. The average molecular weight is 747 g/mol. The van der Waals surface area contributed by atoms with Crippen LogP contribution in [0.2, 0.25) is 0 Å². The molecule has 0 bridgehead atoms. The summed E-state index contributed by atoms with van der Waals surface area (Å²) >= 11 is 0. The Kier molecular flexibility index (Phi) is 30.6. The van der Waals surface area contributed by atoms with Crippen LogP contribution >= 0.6 is 0 Å². The van der Waals surface area contributed by atoms with Gasteiger partial charge >= 0.3 is 11.9 Å². The maximum Gasteiger partial charge on any atom is 0.306 e. The number of aliphatic hydroxyl groups is 4. The van der Waals surface area contributed by atoms with Crippen LogP contribution in [0.1, 0.15) is 129 Å². The smallest absolute Gasteiger partial charge is 0.306 e. The molecular weight excluding hydrogens is 676 g/mol. The van der Waals surface area contributed by atoms with Crippen LogP contribution in [0.25, 0.3) is 0 Å². The fraction of sp³-hybridized carbons (Fsp3) is 0.674. The third-order valence-electron chi connectivity index (χ3n) is 8.59. The van der Waals surface area contributed by atoms with E-state index in [1.807, 2.05) is 0 Å². The molecule has 1 rings (SSSR count). The van der Waals surface area contributed by atoms with Gasteiger partial charge in [-0.15, -0.1) is 0 Å². The second-order valence-electron chi connectivity index (χ2n) is 13.3. The van der Waals surface area contributed by atoms with Crippen molar-refractivity contribution < 1.29 is 49.0 Å². The van der Waals surface area contributed by atoms with E-state index in [1.54, 1.807) is 0 Å². The average Bonchev–Trinajstić information content (AvgIpc) is 3.15. The van der Waals surface area contributed by atoms with Crippen molar-refractivity contribution in [2.45, 2.75) is 166 Å². The molecule has 6 atom stereocenters. The maximum absolute atomic E-state index is 12.7. The first-order valence-electron chi connectivity index (χ1n) is 20.0. The molecule has 10 nitrogen and oxygen atoms in total. The van der Waals surface area contributed by atoms with E-state index in [0.717, 1.165) is 89.9 Å². The molecule has 0 saturated carbocycles. The zero-order valence-corrected chi connectivity index (χ0v) is 32.5. The lowest BCUT2D eigenvalue weighted by molar-refractivity contribution is -0.305. The molecule has 302 valence electrons. The van der Waals surface area contributed by atoms with Crippen molar-refractivity contribution in [2.75, 3.05) is 19.8 Å². The monoisotopic (exact) mass is 746 g/mol. The number of allylic oxidation sites excluding steroid dienone is 12. The lowest BCUT2D eigenvalue weighted by Crippen LogP contribution is -2.59. The van der Waals surface area contributed by atoms with Crippen molar-refractivity contribution in [3.63, 3.8) is 0 Å². The molecule has 0 aliphatic carbocycles. The molecule has 0 aromatic rings. The molecule has 1 fully saturated rings. The summed E-state index contributed by atoms with van der Waals surface area (Å²) in [7, 11) is 0. The summed E-state index contributed by atoms with van der Waals surface area (Å²) < 4.78 is 22.0. The van der Waals surface area contributed by atoms with E-state index >= 15 is 0 Å². The van der Waals surface area contributed by atoms with Crippen molar-refractivity contribution in [1.82, 2.24) is 0 Å². The van der Waals surface area contributed by atoms with Gasteiger partial charge in [-0.3, -0.25) is 9.59 Å². The third-order valence-corrected chi connectivity index (χ3v) is 8.59. The number of unbranched alkanes of at least 4 members (excludes halogenated alkanes) is 8. The highest BCUT2D eigenvalue weighted by Gasteiger charge is 2.44. The van der Waals surface area contributed by atoms with E-state index in [0.29, 0.717) is 12.8 Å². The van der Waals surface area contributed by atoms with Gasteiger partial charge < -0.3 is 39.4 Å². The fourth-order valence-electron chi connectivity index (χ4n) is 5.45. The number of carbonyl (C=O) groups is 2. The summed E-state index contributed by atoms with van der Waals surface area (Å²) in [6.45, 7) is 3.11. The molecular formula is C43H70O10. The molecule has 0 spiro atoms. The number of aliphatic hydroxyl groups excluding tert-OH is 4. The molecule has 1 aliphatic rings. The second kappa shape index (κ2) is 33.7. The highest BCUT2D eigenvalue weighted by atomic mass is 16.7. The largest absolute Gasteiger partial charge is 0.462 e. The Balaban J connectivity index is 2.42. The minimum atomic E-state index is -1.61. The van der Waals surface area contributed by atoms with Crippen molar-refractivity contribution in [1.29, 1.82) is 0 Å². The molecule has 0 radical (unpaired) electrons. The van der Waals surface area contributed by atoms with E-state index in [-0.39, 0.29) is 26.1 Å². The Hall–Kier alpha value is -2.86. The summed E-state index contributed by atoms with van der Waals surface area (Å²) in [6, 6.07) is 0. The predicted molar refractivity (Wildman–Crippen MR) is 210 cm³/mol. The first-order chi connectivity index (χ1) is 25.8. The van der Waals surface area contributed by atoms with Gasteiger partial charge in [0.25, 0.3) is 0 Å². The molecule has 0 amide bonds. The highest BCUT2D eigenvalue weighted by molar-refractivity contribution is 5.70. The van der Waals surface area contributed by atoms with E-state index in [4.69, 9.17) is 18.9 Å². The van der Waals surface area contributed by atoms with Crippen LogP contribution in [-0.4, -0.2) is 89.0 Å². The van der Waals surface area contributed by atoms with E-state index in [1.165, 1.54) is 0 Å². The van der Waals surface area contributed by atoms with Crippen LogP contribution in [-0.2, 0) is 28.5 Å². The quantitative estimate of drug-likeness (QED) is 0.0316. The van der Waals surface area contributed by atoms with Crippen LogP contribution in [0.4, 0.5) is 0 Å². The Labute approximate surface area is 319 Å². The minimum Gasteiger partial charge on any atom is -0.462 e. The molecule has 0 aromatic carbocycles. The maximum atomic E-state index is 12.7. The molecule has 4 N–H and O–H groups in total. The zero-order chi connectivity index (χ0) is 38.8. The number of hydrogen-bond donors (Lipinski definition) is 4. The summed E-state index contributed by atoms with van der Waals surface area (Å²) in [5, 5.41) is 39.9. The SMILES string of the molecule is CC/C=C\C/C=C\C/C=C\CCCCCCCC(=O)OC[C@H](CO[C@@H]1O[C@H](CO)[C@H](O)[C@H](O)[C@@H]1O)OC(=O)CCCCC/C=C\C/C=C\C/C=C\CC. The summed E-state index contributed by atoms with van der Waals surface area (Å²) in [4.78, 5) is 25.2. The van der Waals surface area contributed by atoms with Gasteiger partial charge in [-0.05, 0) is 77.0 Å². The highest BCUT2D eigenvalue weighted by Crippen LogP contribution is 2.22. The number of esters is 2. The molecule has 0 aromatic heterocycles. The van der Waals surface area contributed by atoms with Gasteiger partial charge in [0.1, 0.15) is 31.0 Å². The second-order valence-corrected chi connectivity index (χ2v) is 13.3. The molecule has 1 aliphatic heterocycles. The van der Waals surface area contributed by atoms with Crippen molar-refractivity contribution in [3.8, 4) is 0 Å². The molecule has 53 heavy (non-hydrogen) atoms. The van der Waals surface area contributed by atoms with Crippen LogP contribution in [0, 0.1) is 0 Å². The van der Waals surface area contributed by atoms with E-state index < -0.39 is 55.4 Å². The number of carbonyl (C=O) groups excluding carboxylic acids is 2. The molecule has 0 unspecified atom stereocenters. The number of ether oxygens (including phenoxy) is 4. The van der Waals surface area contributed by atoms with Crippen LogP contribution in [0.15, 0.2) is 72.9 Å². The minimum absolute atomic E-state index is 0.187. The lowest BCUT2D eigenvalue weighted by Gasteiger charge is -2.39. The van der Waals surface area contributed by atoms with Crippen molar-refractivity contribution >= 4 is 11.9 Å². The van der Waals surface area contributed by atoms with Crippen molar-refractivity contribution in [3.05, 3.63) is 72.9 Å². The third kappa shape index (κ3) is 25.7. The zero-order valence-electron chi connectivity index (χ0n) is 32.5. The summed E-state index contributed by atoms with van der Waals surface area (Å²) in [5.41, 5.74) is 0. The number of hydrogen-bond acceptors (Lipinski definition) is 10. The molecule has 10 heteroatoms. The van der Waals surface area contributed by atoms with Crippen LogP contribution in [0.3, 0.4) is 0 Å². The standard InChI is InChI=1S/C43H70O10/c1-3-5-7-9-11-13-15-17-18-20-21-23-25-27-29-31-38(45)50-34-36(35-51-43-42(49)41(48)40(47)37(33-44)53-43)52-39(46)32-30-28-26-24-22-19-16-14-12-10-8-6-4-2/h5-8,11-14,17-19,22,36-37,40-44,47-49H,3-4,9-10,15-16,20-21,23-35H2,1-2H3/b7-5-,8-6-,13-11-,14-12-,18-17-,22-19-/t36-,37-,40+,41+,42+,43-/m1/s1. The van der Waals surface area contributed by atoms with Gasteiger partial charge in [0.2, 0.25) is 0 Å². The van der Waals surface area contributed by atoms with E-state index in [2.05, 4.69) is 86.8 Å². The van der Waals surface area contributed by atoms with Crippen LogP contribution in [0.5, 0.6) is 0 Å². The van der Waals surface area contributed by atoms with Gasteiger partial charge in [0, 0.05) is 12.8 Å². The van der Waals surface area contributed by atoms with Gasteiger partial charge in [0.05, 0.1) is 13.2 Å². The Bertz CT molecular complexity index is 1090. The topological polar surface area (TPSA) is 152 Å². The number of rotatable bonds is 31.